The number of fused-ring (bicyclic) bond motifs is 1. The summed E-state index contributed by atoms with van der Waals surface area (Å²) in [5.41, 5.74) is 12.2. The first-order valence-electron chi connectivity index (χ1n) is 7.47. The number of ether oxygens (including phenoxy) is 1. The van der Waals surface area contributed by atoms with Gasteiger partial charge in [-0.2, -0.15) is 0 Å². The average Bonchev–Trinajstić information content (AvgIpc) is 2.88. The summed E-state index contributed by atoms with van der Waals surface area (Å²) in [7, 11) is 1.69. The molecule has 4 nitrogen and oxygen atoms in total. The van der Waals surface area contributed by atoms with Crippen LogP contribution in [-0.2, 0) is 6.42 Å². The molecule has 2 heterocycles. The SMILES string of the molecule is COc1ccc(C)cc1-c1nc2c(C)cccn2c1CCN. The van der Waals surface area contributed by atoms with Crippen molar-refractivity contribution in [2.75, 3.05) is 13.7 Å². The number of pyridine rings is 1. The van der Waals surface area contributed by atoms with Crippen molar-refractivity contribution in [3.05, 3.63) is 53.3 Å². The van der Waals surface area contributed by atoms with Gasteiger partial charge >= 0.3 is 0 Å². The van der Waals surface area contributed by atoms with E-state index in [2.05, 4.69) is 30.4 Å². The van der Waals surface area contributed by atoms with Crippen molar-refractivity contribution in [1.29, 1.82) is 0 Å². The van der Waals surface area contributed by atoms with E-state index < -0.39 is 0 Å². The van der Waals surface area contributed by atoms with Crippen LogP contribution in [0, 0.1) is 13.8 Å². The lowest BCUT2D eigenvalue weighted by Gasteiger charge is -2.09. The molecule has 0 saturated carbocycles. The Morgan fingerprint density at radius 1 is 1.23 bits per heavy atom. The third-order valence-electron chi connectivity index (χ3n) is 3.94. The lowest BCUT2D eigenvalue weighted by atomic mass is 10.0. The molecule has 0 saturated heterocycles. The quantitative estimate of drug-likeness (QED) is 0.804. The van der Waals surface area contributed by atoms with E-state index in [-0.39, 0.29) is 0 Å². The van der Waals surface area contributed by atoms with Gasteiger partial charge in [0.15, 0.2) is 0 Å². The van der Waals surface area contributed by atoms with Crippen molar-refractivity contribution in [2.45, 2.75) is 20.3 Å². The molecule has 0 spiro atoms. The van der Waals surface area contributed by atoms with Crippen LogP contribution in [0.25, 0.3) is 16.9 Å². The molecular formula is C18H21N3O. The van der Waals surface area contributed by atoms with Gasteiger partial charge in [-0.15, -0.1) is 0 Å². The molecule has 3 rings (SSSR count). The first-order valence-corrected chi connectivity index (χ1v) is 7.47. The average molecular weight is 295 g/mol. The monoisotopic (exact) mass is 295 g/mol. The highest BCUT2D eigenvalue weighted by molar-refractivity contribution is 5.73. The van der Waals surface area contributed by atoms with Gasteiger partial charge in [0.25, 0.3) is 0 Å². The van der Waals surface area contributed by atoms with Gasteiger partial charge in [0.05, 0.1) is 18.5 Å². The zero-order chi connectivity index (χ0) is 15.7. The summed E-state index contributed by atoms with van der Waals surface area (Å²) < 4.78 is 7.67. The minimum Gasteiger partial charge on any atom is -0.496 e. The van der Waals surface area contributed by atoms with Gasteiger partial charge in [0.2, 0.25) is 0 Å². The normalized spacial score (nSPS) is 11.1. The Hall–Kier alpha value is -2.33. The van der Waals surface area contributed by atoms with Gasteiger partial charge in [0.1, 0.15) is 11.4 Å². The summed E-state index contributed by atoms with van der Waals surface area (Å²) in [6.45, 7) is 4.74. The van der Waals surface area contributed by atoms with Gasteiger partial charge in [-0.05, 0) is 44.2 Å². The Bertz CT molecular complexity index is 821. The molecule has 0 aliphatic heterocycles. The van der Waals surface area contributed by atoms with E-state index in [9.17, 15) is 0 Å². The van der Waals surface area contributed by atoms with E-state index in [4.69, 9.17) is 15.5 Å². The highest BCUT2D eigenvalue weighted by Gasteiger charge is 2.17. The first-order chi connectivity index (χ1) is 10.7. The molecule has 1 aromatic carbocycles. The minimum absolute atomic E-state index is 0.586. The molecule has 0 unspecified atom stereocenters. The Morgan fingerprint density at radius 2 is 2.05 bits per heavy atom. The number of aromatic nitrogens is 2. The first kappa shape index (κ1) is 14.6. The summed E-state index contributed by atoms with van der Waals surface area (Å²) >= 11 is 0. The van der Waals surface area contributed by atoms with Crippen LogP contribution < -0.4 is 10.5 Å². The summed E-state index contributed by atoms with van der Waals surface area (Å²) in [5, 5.41) is 0. The second-order valence-electron chi connectivity index (χ2n) is 5.53. The van der Waals surface area contributed by atoms with Gasteiger partial charge in [0, 0.05) is 18.2 Å². The van der Waals surface area contributed by atoms with Crippen LogP contribution in [0.2, 0.25) is 0 Å². The van der Waals surface area contributed by atoms with Gasteiger partial charge in [-0.1, -0.05) is 17.7 Å². The van der Waals surface area contributed by atoms with E-state index in [1.165, 1.54) is 5.56 Å². The maximum atomic E-state index is 5.82. The molecule has 22 heavy (non-hydrogen) atoms. The van der Waals surface area contributed by atoms with E-state index in [0.717, 1.165) is 40.3 Å². The number of benzene rings is 1. The van der Waals surface area contributed by atoms with Crippen LogP contribution >= 0.6 is 0 Å². The summed E-state index contributed by atoms with van der Waals surface area (Å²) in [6.07, 6.45) is 2.82. The van der Waals surface area contributed by atoms with Gasteiger partial charge in [-0.25, -0.2) is 4.98 Å². The molecule has 2 N–H and O–H groups in total. The molecule has 0 aliphatic rings. The second-order valence-corrected chi connectivity index (χ2v) is 5.53. The number of imidazole rings is 1. The molecule has 0 aliphatic carbocycles. The number of methoxy groups -OCH3 is 1. The molecule has 0 atom stereocenters. The predicted molar refractivity (Wildman–Crippen MR) is 89.4 cm³/mol. The number of aryl methyl sites for hydroxylation is 2. The molecule has 0 amide bonds. The van der Waals surface area contributed by atoms with Crippen LogP contribution in [0.5, 0.6) is 5.75 Å². The largest absolute Gasteiger partial charge is 0.496 e. The van der Waals surface area contributed by atoms with Crippen LogP contribution in [0.15, 0.2) is 36.5 Å². The fraction of sp³-hybridized carbons (Fsp3) is 0.278. The summed E-state index contributed by atoms with van der Waals surface area (Å²) in [6, 6.07) is 10.3. The van der Waals surface area contributed by atoms with E-state index in [1.54, 1.807) is 7.11 Å². The lowest BCUT2D eigenvalue weighted by molar-refractivity contribution is 0.416. The highest BCUT2D eigenvalue weighted by Crippen LogP contribution is 2.33. The van der Waals surface area contributed by atoms with E-state index in [1.807, 2.05) is 24.4 Å². The number of hydrogen-bond acceptors (Lipinski definition) is 3. The van der Waals surface area contributed by atoms with Gasteiger partial charge in [-0.3, -0.25) is 0 Å². The predicted octanol–water partition coefficient (Wildman–Crippen LogP) is 3.13. The molecule has 114 valence electrons. The third kappa shape index (κ3) is 2.35. The van der Waals surface area contributed by atoms with Gasteiger partial charge < -0.3 is 14.9 Å². The summed E-state index contributed by atoms with van der Waals surface area (Å²) in [5.74, 6) is 0.838. The number of nitrogens with two attached hydrogens (primary N) is 1. The van der Waals surface area contributed by atoms with E-state index in [0.29, 0.717) is 6.54 Å². The lowest BCUT2D eigenvalue weighted by Crippen LogP contribution is -2.06. The Kier molecular flexibility index (Phi) is 3.86. The fourth-order valence-electron chi connectivity index (χ4n) is 2.85. The maximum absolute atomic E-state index is 5.82. The zero-order valence-electron chi connectivity index (χ0n) is 13.3. The van der Waals surface area contributed by atoms with Crippen LogP contribution in [0.4, 0.5) is 0 Å². The Balaban J connectivity index is 2.33. The Labute approximate surface area is 130 Å². The number of nitrogens with zero attached hydrogens (tertiary/aromatic N) is 2. The fourth-order valence-corrected chi connectivity index (χ4v) is 2.85. The standard InChI is InChI=1S/C18H21N3O/c1-12-6-7-16(22-3)14(11-12)17-15(8-9-19)21-10-4-5-13(2)18(21)20-17/h4-7,10-11H,8-9,19H2,1-3H3. The van der Waals surface area contributed by atoms with Crippen LogP contribution in [-0.4, -0.2) is 23.0 Å². The van der Waals surface area contributed by atoms with Crippen LogP contribution in [0.1, 0.15) is 16.8 Å². The molecule has 4 heteroatoms. The molecule has 2 aromatic heterocycles. The van der Waals surface area contributed by atoms with E-state index >= 15 is 0 Å². The van der Waals surface area contributed by atoms with Crippen molar-refractivity contribution < 1.29 is 4.74 Å². The topological polar surface area (TPSA) is 52.5 Å². The van der Waals surface area contributed by atoms with Crippen molar-refractivity contribution >= 4 is 5.65 Å². The zero-order valence-corrected chi connectivity index (χ0v) is 13.3. The number of rotatable bonds is 4. The van der Waals surface area contributed by atoms with Crippen LogP contribution in [0.3, 0.4) is 0 Å². The van der Waals surface area contributed by atoms with Crippen molar-refractivity contribution in [2.24, 2.45) is 5.73 Å². The van der Waals surface area contributed by atoms with Crippen molar-refractivity contribution in [3.8, 4) is 17.0 Å². The minimum atomic E-state index is 0.586. The smallest absolute Gasteiger partial charge is 0.140 e. The molecule has 0 radical (unpaired) electrons. The second kappa shape index (κ2) is 5.81. The maximum Gasteiger partial charge on any atom is 0.140 e. The highest BCUT2D eigenvalue weighted by atomic mass is 16.5. The molecule has 0 fully saturated rings. The van der Waals surface area contributed by atoms with Crippen molar-refractivity contribution in [3.63, 3.8) is 0 Å². The Morgan fingerprint density at radius 3 is 2.77 bits per heavy atom. The third-order valence-corrected chi connectivity index (χ3v) is 3.94. The molecular weight excluding hydrogens is 274 g/mol. The van der Waals surface area contributed by atoms with Crippen molar-refractivity contribution in [1.82, 2.24) is 9.38 Å². The molecule has 3 aromatic rings. The molecule has 0 bridgehead atoms. The number of hydrogen-bond donors (Lipinski definition) is 1. The summed E-state index contributed by atoms with van der Waals surface area (Å²) in [4.78, 5) is 4.88.